The third kappa shape index (κ3) is 1.28. The van der Waals surface area contributed by atoms with Crippen LogP contribution in [-0.2, 0) is 0 Å². The normalized spacial score (nSPS) is 10.7. The van der Waals surface area contributed by atoms with E-state index in [2.05, 4.69) is 9.97 Å². The molecular formula is C6H9FN2. The molecule has 0 aliphatic carbocycles. The highest BCUT2D eigenvalue weighted by molar-refractivity contribution is 4.93. The Hall–Kier alpha value is -0.860. The van der Waals surface area contributed by atoms with E-state index in [1.807, 2.05) is 13.8 Å². The van der Waals surface area contributed by atoms with Gasteiger partial charge in [-0.25, -0.2) is 4.98 Å². The number of imidazole rings is 1. The Morgan fingerprint density at radius 2 is 2.33 bits per heavy atom. The van der Waals surface area contributed by atoms with Crippen molar-refractivity contribution in [3.05, 3.63) is 18.0 Å². The Balaban J connectivity index is 2.85. The molecule has 0 aliphatic rings. The number of aromatic amines is 1. The summed E-state index contributed by atoms with van der Waals surface area (Å²) in [6.45, 7) is 3.91. The van der Waals surface area contributed by atoms with Gasteiger partial charge in [-0.15, -0.1) is 0 Å². The molecule has 0 fully saturated rings. The molecule has 0 saturated heterocycles. The summed E-state index contributed by atoms with van der Waals surface area (Å²) < 4.78 is 12.1. The number of aromatic nitrogens is 2. The number of nitrogens with one attached hydrogen (secondary N) is 1. The largest absolute Gasteiger partial charge is 0.346 e. The van der Waals surface area contributed by atoms with E-state index in [9.17, 15) is 4.39 Å². The summed E-state index contributed by atoms with van der Waals surface area (Å²) >= 11 is 0. The molecule has 0 atom stereocenters. The van der Waals surface area contributed by atoms with E-state index in [0.717, 1.165) is 0 Å². The highest BCUT2D eigenvalue weighted by Gasteiger charge is 2.02. The van der Waals surface area contributed by atoms with Crippen LogP contribution in [0.4, 0.5) is 4.39 Å². The highest BCUT2D eigenvalue weighted by atomic mass is 19.1. The summed E-state index contributed by atoms with van der Waals surface area (Å²) in [5, 5.41) is 0. The summed E-state index contributed by atoms with van der Waals surface area (Å²) in [6.07, 6.45) is 1.26. The maximum Gasteiger partial charge on any atom is 0.230 e. The minimum atomic E-state index is -0.432. The smallest absolute Gasteiger partial charge is 0.230 e. The minimum Gasteiger partial charge on any atom is -0.346 e. The second-order valence-electron chi connectivity index (χ2n) is 2.26. The van der Waals surface area contributed by atoms with Gasteiger partial charge >= 0.3 is 0 Å². The third-order valence-electron chi connectivity index (χ3n) is 1.11. The van der Waals surface area contributed by atoms with Gasteiger partial charge in [-0.3, -0.25) is 0 Å². The molecule has 1 aromatic heterocycles. The van der Waals surface area contributed by atoms with Gasteiger partial charge in [-0.2, -0.15) is 4.39 Å². The first-order chi connectivity index (χ1) is 4.20. The van der Waals surface area contributed by atoms with Gasteiger partial charge in [0.2, 0.25) is 5.95 Å². The zero-order valence-electron chi connectivity index (χ0n) is 5.48. The number of rotatable bonds is 1. The SMILES string of the molecule is CC(C)c1nc(F)c[nH]1. The first-order valence-corrected chi connectivity index (χ1v) is 2.91. The molecule has 0 aromatic carbocycles. The van der Waals surface area contributed by atoms with Crippen LogP contribution in [0.25, 0.3) is 0 Å². The first-order valence-electron chi connectivity index (χ1n) is 2.91. The molecule has 0 unspecified atom stereocenters. The molecule has 3 heteroatoms. The molecule has 0 amide bonds. The predicted octanol–water partition coefficient (Wildman–Crippen LogP) is 1.67. The van der Waals surface area contributed by atoms with Crippen LogP contribution in [0.5, 0.6) is 0 Å². The molecule has 0 bridgehead atoms. The van der Waals surface area contributed by atoms with Gasteiger partial charge in [0.05, 0.1) is 6.20 Å². The van der Waals surface area contributed by atoms with E-state index in [-0.39, 0.29) is 5.92 Å². The number of nitrogens with zero attached hydrogens (tertiary/aromatic N) is 1. The van der Waals surface area contributed by atoms with E-state index in [1.165, 1.54) is 6.20 Å². The fraction of sp³-hybridized carbons (Fsp3) is 0.500. The average Bonchev–Trinajstić information content (AvgIpc) is 2.14. The first kappa shape index (κ1) is 6.26. The maximum atomic E-state index is 12.1. The molecule has 1 rings (SSSR count). The van der Waals surface area contributed by atoms with Crippen molar-refractivity contribution < 1.29 is 4.39 Å². The summed E-state index contributed by atoms with van der Waals surface area (Å²) in [6, 6.07) is 0. The van der Waals surface area contributed by atoms with Crippen molar-refractivity contribution in [3.8, 4) is 0 Å². The molecule has 0 aliphatic heterocycles. The van der Waals surface area contributed by atoms with E-state index in [4.69, 9.17) is 0 Å². The average molecular weight is 128 g/mol. The van der Waals surface area contributed by atoms with Crippen molar-refractivity contribution in [3.63, 3.8) is 0 Å². The van der Waals surface area contributed by atoms with Crippen LogP contribution in [0.2, 0.25) is 0 Å². The van der Waals surface area contributed by atoms with Crippen LogP contribution in [0.1, 0.15) is 25.6 Å². The number of hydrogen-bond donors (Lipinski definition) is 1. The number of H-pyrrole nitrogens is 1. The van der Waals surface area contributed by atoms with E-state index >= 15 is 0 Å². The van der Waals surface area contributed by atoms with E-state index in [0.29, 0.717) is 5.82 Å². The number of halogens is 1. The molecular weight excluding hydrogens is 119 g/mol. The summed E-state index contributed by atoms with van der Waals surface area (Å²) in [4.78, 5) is 6.31. The Bertz CT molecular complexity index is 193. The van der Waals surface area contributed by atoms with Crippen molar-refractivity contribution >= 4 is 0 Å². The molecule has 1 aromatic rings. The Morgan fingerprint density at radius 1 is 1.67 bits per heavy atom. The van der Waals surface area contributed by atoms with Crippen molar-refractivity contribution in [1.29, 1.82) is 0 Å². The molecule has 1 N–H and O–H groups in total. The second-order valence-corrected chi connectivity index (χ2v) is 2.26. The van der Waals surface area contributed by atoms with Gasteiger partial charge in [0.15, 0.2) is 0 Å². The topological polar surface area (TPSA) is 28.7 Å². The lowest BCUT2D eigenvalue weighted by atomic mass is 10.2. The molecule has 50 valence electrons. The molecule has 0 saturated carbocycles. The molecule has 1 heterocycles. The van der Waals surface area contributed by atoms with Crippen molar-refractivity contribution in [2.75, 3.05) is 0 Å². The van der Waals surface area contributed by atoms with Crippen LogP contribution in [0.15, 0.2) is 6.20 Å². The predicted molar refractivity (Wildman–Crippen MR) is 32.6 cm³/mol. The molecule has 0 radical (unpaired) electrons. The lowest BCUT2D eigenvalue weighted by Gasteiger charge is -1.94. The Labute approximate surface area is 53.1 Å². The van der Waals surface area contributed by atoms with Gasteiger partial charge in [0.25, 0.3) is 0 Å². The second kappa shape index (κ2) is 2.17. The van der Waals surface area contributed by atoms with Gasteiger partial charge in [0, 0.05) is 5.92 Å². The Morgan fingerprint density at radius 3 is 2.56 bits per heavy atom. The zero-order chi connectivity index (χ0) is 6.85. The fourth-order valence-electron chi connectivity index (χ4n) is 0.609. The summed E-state index contributed by atoms with van der Waals surface area (Å²) in [5.41, 5.74) is 0. The van der Waals surface area contributed by atoms with Crippen LogP contribution in [-0.4, -0.2) is 9.97 Å². The van der Waals surface area contributed by atoms with Crippen LogP contribution >= 0.6 is 0 Å². The standard InChI is InChI=1S/C6H9FN2/c1-4(2)6-8-3-5(7)9-6/h3-4H,1-2H3,(H,8,9). The molecule has 0 spiro atoms. The highest BCUT2D eigenvalue weighted by Crippen LogP contribution is 2.07. The maximum absolute atomic E-state index is 12.1. The van der Waals surface area contributed by atoms with Gasteiger partial charge in [-0.05, 0) is 0 Å². The lowest BCUT2D eigenvalue weighted by Crippen LogP contribution is -1.88. The van der Waals surface area contributed by atoms with Crippen LogP contribution < -0.4 is 0 Å². The third-order valence-corrected chi connectivity index (χ3v) is 1.11. The monoisotopic (exact) mass is 128 g/mol. The van der Waals surface area contributed by atoms with Gasteiger partial charge in [-0.1, -0.05) is 13.8 Å². The quantitative estimate of drug-likeness (QED) is 0.612. The van der Waals surface area contributed by atoms with Crippen LogP contribution in [0, 0.1) is 5.95 Å². The lowest BCUT2D eigenvalue weighted by molar-refractivity contribution is 0.584. The Kier molecular flexibility index (Phi) is 1.51. The van der Waals surface area contributed by atoms with E-state index in [1.54, 1.807) is 0 Å². The van der Waals surface area contributed by atoms with Gasteiger partial charge < -0.3 is 4.98 Å². The van der Waals surface area contributed by atoms with Crippen molar-refractivity contribution in [1.82, 2.24) is 9.97 Å². The molecule has 9 heavy (non-hydrogen) atoms. The van der Waals surface area contributed by atoms with Crippen molar-refractivity contribution in [2.45, 2.75) is 19.8 Å². The molecule has 2 nitrogen and oxygen atoms in total. The van der Waals surface area contributed by atoms with Crippen LogP contribution in [0.3, 0.4) is 0 Å². The summed E-state index contributed by atoms with van der Waals surface area (Å²) in [5.74, 6) is 0.542. The summed E-state index contributed by atoms with van der Waals surface area (Å²) in [7, 11) is 0. The number of hydrogen-bond acceptors (Lipinski definition) is 1. The minimum absolute atomic E-state index is 0.273. The van der Waals surface area contributed by atoms with Gasteiger partial charge in [0.1, 0.15) is 5.82 Å². The fourth-order valence-corrected chi connectivity index (χ4v) is 0.609. The van der Waals surface area contributed by atoms with Crippen molar-refractivity contribution in [2.24, 2.45) is 0 Å². The van der Waals surface area contributed by atoms with E-state index < -0.39 is 5.95 Å². The zero-order valence-corrected chi connectivity index (χ0v) is 5.48.